The molecule has 2 N–H and O–H groups in total. The number of hydrazone groups is 1. The molecule has 1 aliphatic heterocycles. The molecule has 6 heteroatoms. The summed E-state index contributed by atoms with van der Waals surface area (Å²) >= 11 is 0. The van der Waals surface area contributed by atoms with Crippen LogP contribution in [-0.2, 0) is 4.79 Å². The molecule has 0 radical (unpaired) electrons. The Morgan fingerprint density at radius 1 is 1.30 bits per heavy atom. The van der Waals surface area contributed by atoms with Gasteiger partial charge in [-0.2, -0.15) is 5.10 Å². The van der Waals surface area contributed by atoms with Crippen LogP contribution in [0.1, 0.15) is 44.0 Å². The van der Waals surface area contributed by atoms with Gasteiger partial charge in [0.25, 0.3) is 5.91 Å². The molecule has 1 aliphatic rings. The highest BCUT2D eigenvalue weighted by Crippen LogP contribution is 2.20. The van der Waals surface area contributed by atoms with Gasteiger partial charge < -0.3 is 10.4 Å². The topological polar surface area (TPSA) is 82.0 Å². The number of hydrogen-bond acceptors (Lipinski definition) is 4. The van der Waals surface area contributed by atoms with E-state index in [2.05, 4.69) is 10.4 Å². The summed E-state index contributed by atoms with van der Waals surface area (Å²) < 4.78 is 0. The van der Waals surface area contributed by atoms with Gasteiger partial charge in [-0.1, -0.05) is 13.8 Å². The molecule has 1 heterocycles. The first-order valence-corrected chi connectivity index (χ1v) is 7.82. The number of hydrogen-bond donors (Lipinski definition) is 2. The maximum atomic E-state index is 12.2. The number of rotatable bonds is 6. The minimum absolute atomic E-state index is 0.190. The standard InChI is InChI=1S/C17H23N3O3/c1-11(2)10-15(17(22)23)18-16(21)13-4-6-14(7-5-13)20-9-8-12(3)19-20/h4-7,11,15H,8-10H2,1-3H3,(H,18,21)(H,22,23)/t15-/m0/s1. The molecule has 1 amide bonds. The first-order valence-electron chi connectivity index (χ1n) is 7.82. The second-order valence-electron chi connectivity index (χ2n) is 6.25. The van der Waals surface area contributed by atoms with Gasteiger partial charge in [0.15, 0.2) is 0 Å². The molecule has 0 aromatic heterocycles. The molecule has 0 saturated heterocycles. The maximum absolute atomic E-state index is 12.2. The molecule has 0 fully saturated rings. The average Bonchev–Trinajstić information content (AvgIpc) is 2.92. The van der Waals surface area contributed by atoms with Crippen LogP contribution in [0.3, 0.4) is 0 Å². The molecule has 2 rings (SSSR count). The van der Waals surface area contributed by atoms with Crippen LogP contribution in [0.4, 0.5) is 5.69 Å². The first-order chi connectivity index (χ1) is 10.9. The SMILES string of the molecule is CC1=NN(c2ccc(C(=O)N[C@@H](CC(C)C)C(=O)O)cc2)CC1. The van der Waals surface area contributed by atoms with E-state index in [4.69, 9.17) is 0 Å². The minimum Gasteiger partial charge on any atom is -0.480 e. The molecule has 0 bridgehead atoms. The van der Waals surface area contributed by atoms with E-state index >= 15 is 0 Å². The summed E-state index contributed by atoms with van der Waals surface area (Å²) in [6.45, 7) is 6.68. The monoisotopic (exact) mass is 317 g/mol. The third kappa shape index (κ3) is 4.55. The van der Waals surface area contributed by atoms with Crippen molar-refractivity contribution in [2.75, 3.05) is 11.6 Å². The second-order valence-corrected chi connectivity index (χ2v) is 6.25. The first kappa shape index (κ1) is 17.0. The summed E-state index contributed by atoms with van der Waals surface area (Å²) in [6.07, 6.45) is 1.35. The quantitative estimate of drug-likeness (QED) is 0.844. The number of carboxylic acid groups (broad SMARTS) is 1. The van der Waals surface area contributed by atoms with Crippen LogP contribution in [0.5, 0.6) is 0 Å². The zero-order valence-corrected chi connectivity index (χ0v) is 13.7. The van der Waals surface area contributed by atoms with Gasteiger partial charge in [-0.3, -0.25) is 9.80 Å². The number of anilines is 1. The Labute approximate surface area is 136 Å². The number of benzene rings is 1. The Bertz CT molecular complexity index is 608. The second kappa shape index (κ2) is 7.26. The summed E-state index contributed by atoms with van der Waals surface area (Å²) in [6, 6.07) is 6.18. The number of nitrogens with zero attached hydrogens (tertiary/aromatic N) is 2. The van der Waals surface area contributed by atoms with E-state index < -0.39 is 12.0 Å². The molecule has 124 valence electrons. The smallest absolute Gasteiger partial charge is 0.326 e. The molecular formula is C17H23N3O3. The fourth-order valence-corrected chi connectivity index (χ4v) is 2.48. The molecule has 1 aromatic carbocycles. The van der Waals surface area contributed by atoms with Gasteiger partial charge in [-0.25, -0.2) is 4.79 Å². The van der Waals surface area contributed by atoms with Crippen molar-refractivity contribution in [2.45, 2.75) is 39.7 Å². The zero-order chi connectivity index (χ0) is 17.0. The predicted octanol–water partition coefficient (Wildman–Crippen LogP) is 2.50. The van der Waals surface area contributed by atoms with Crippen LogP contribution in [0.2, 0.25) is 0 Å². The van der Waals surface area contributed by atoms with Crippen LogP contribution in [0.25, 0.3) is 0 Å². The highest BCUT2D eigenvalue weighted by Gasteiger charge is 2.22. The fraction of sp³-hybridized carbons (Fsp3) is 0.471. The van der Waals surface area contributed by atoms with Crippen LogP contribution in [0, 0.1) is 5.92 Å². The largest absolute Gasteiger partial charge is 0.480 e. The number of carbonyl (C=O) groups excluding carboxylic acids is 1. The zero-order valence-electron chi connectivity index (χ0n) is 13.7. The molecule has 1 atom stereocenters. The third-order valence-corrected chi connectivity index (χ3v) is 3.71. The van der Waals surface area contributed by atoms with E-state index in [1.165, 1.54) is 0 Å². The van der Waals surface area contributed by atoms with Gasteiger partial charge in [0, 0.05) is 24.2 Å². The Morgan fingerprint density at radius 2 is 1.96 bits per heavy atom. The van der Waals surface area contributed by atoms with Crippen molar-refractivity contribution in [3.63, 3.8) is 0 Å². The van der Waals surface area contributed by atoms with Crippen LogP contribution in [0.15, 0.2) is 29.4 Å². The van der Waals surface area contributed by atoms with Crippen LogP contribution < -0.4 is 10.3 Å². The molecule has 0 aliphatic carbocycles. The van der Waals surface area contributed by atoms with Gasteiger partial charge >= 0.3 is 5.97 Å². The van der Waals surface area contributed by atoms with E-state index in [0.717, 1.165) is 24.4 Å². The van der Waals surface area contributed by atoms with Gasteiger partial charge in [0.2, 0.25) is 0 Å². The molecular weight excluding hydrogens is 294 g/mol. The van der Waals surface area contributed by atoms with Crippen molar-refractivity contribution in [1.82, 2.24) is 5.32 Å². The summed E-state index contributed by atoms with van der Waals surface area (Å²) in [5.74, 6) is -1.19. The summed E-state index contributed by atoms with van der Waals surface area (Å²) in [4.78, 5) is 23.4. The van der Waals surface area contributed by atoms with E-state index in [9.17, 15) is 14.7 Å². The number of carboxylic acids is 1. The van der Waals surface area contributed by atoms with E-state index in [1.54, 1.807) is 12.1 Å². The van der Waals surface area contributed by atoms with Crippen molar-refractivity contribution >= 4 is 23.3 Å². The summed E-state index contributed by atoms with van der Waals surface area (Å²) in [5, 5.41) is 18.1. The Balaban J connectivity index is 2.03. The highest BCUT2D eigenvalue weighted by atomic mass is 16.4. The van der Waals surface area contributed by atoms with Gasteiger partial charge in [-0.05, 0) is 43.5 Å². The normalized spacial score (nSPS) is 15.5. The molecule has 0 unspecified atom stereocenters. The summed E-state index contributed by atoms with van der Waals surface area (Å²) in [5.41, 5.74) is 2.46. The molecule has 0 spiro atoms. The maximum Gasteiger partial charge on any atom is 0.326 e. The number of amides is 1. The predicted molar refractivity (Wildman–Crippen MR) is 89.9 cm³/mol. The highest BCUT2D eigenvalue weighted by molar-refractivity contribution is 5.97. The van der Waals surface area contributed by atoms with Crippen LogP contribution >= 0.6 is 0 Å². The third-order valence-electron chi connectivity index (χ3n) is 3.71. The lowest BCUT2D eigenvalue weighted by Crippen LogP contribution is -2.41. The summed E-state index contributed by atoms with van der Waals surface area (Å²) in [7, 11) is 0. The number of carbonyl (C=O) groups is 2. The number of nitrogens with one attached hydrogen (secondary N) is 1. The Kier molecular flexibility index (Phi) is 5.36. The van der Waals surface area contributed by atoms with Crippen molar-refractivity contribution in [2.24, 2.45) is 11.0 Å². The van der Waals surface area contributed by atoms with Crippen LogP contribution in [-0.4, -0.2) is 35.3 Å². The van der Waals surface area contributed by atoms with Crippen molar-refractivity contribution in [3.8, 4) is 0 Å². The lowest BCUT2D eigenvalue weighted by Gasteiger charge is -2.17. The van der Waals surface area contributed by atoms with Crippen molar-refractivity contribution in [1.29, 1.82) is 0 Å². The molecule has 6 nitrogen and oxygen atoms in total. The number of aliphatic carboxylic acids is 1. The lowest BCUT2D eigenvalue weighted by atomic mass is 10.0. The van der Waals surface area contributed by atoms with Crippen molar-refractivity contribution < 1.29 is 14.7 Å². The van der Waals surface area contributed by atoms with E-state index in [-0.39, 0.29) is 11.8 Å². The molecule has 23 heavy (non-hydrogen) atoms. The Hall–Kier alpha value is -2.37. The molecule has 0 saturated carbocycles. The Morgan fingerprint density at radius 3 is 2.43 bits per heavy atom. The van der Waals surface area contributed by atoms with Gasteiger partial charge in [0.05, 0.1) is 5.69 Å². The van der Waals surface area contributed by atoms with E-state index in [0.29, 0.717) is 12.0 Å². The van der Waals surface area contributed by atoms with E-state index in [1.807, 2.05) is 37.9 Å². The van der Waals surface area contributed by atoms with Crippen molar-refractivity contribution in [3.05, 3.63) is 29.8 Å². The fourth-order valence-electron chi connectivity index (χ4n) is 2.48. The minimum atomic E-state index is -1.01. The van der Waals surface area contributed by atoms with Gasteiger partial charge in [-0.15, -0.1) is 0 Å². The molecule has 1 aromatic rings. The lowest BCUT2D eigenvalue weighted by molar-refractivity contribution is -0.139. The van der Waals surface area contributed by atoms with Gasteiger partial charge in [0.1, 0.15) is 6.04 Å². The average molecular weight is 317 g/mol.